The minimum Gasteiger partial charge on any atom is -0.494 e. The molecule has 248 valence electrons. The molecule has 0 saturated heterocycles. The van der Waals surface area contributed by atoms with Gasteiger partial charge in [-0.25, -0.2) is 10.4 Å². The summed E-state index contributed by atoms with van der Waals surface area (Å²) in [5.74, 6) is 0.437. The lowest BCUT2D eigenvalue weighted by molar-refractivity contribution is -0.130. The fourth-order valence-corrected chi connectivity index (χ4v) is 5.98. The molecule has 0 unspecified atom stereocenters. The van der Waals surface area contributed by atoms with E-state index >= 15 is 0 Å². The van der Waals surface area contributed by atoms with E-state index < -0.39 is 17.6 Å². The Hall–Kier alpha value is -4.57. The summed E-state index contributed by atoms with van der Waals surface area (Å²) >= 11 is 13.0. The van der Waals surface area contributed by atoms with E-state index in [0.717, 1.165) is 16.7 Å². The molecule has 0 radical (unpaired) electrons. The molecule has 4 aromatic rings. The number of hydrazine groups is 1. The third-order valence-corrected chi connectivity index (χ3v) is 8.58. The van der Waals surface area contributed by atoms with Crippen LogP contribution < -0.4 is 15.6 Å². The van der Waals surface area contributed by atoms with Crippen LogP contribution >= 0.6 is 23.2 Å². The number of benzene rings is 4. The summed E-state index contributed by atoms with van der Waals surface area (Å²) in [6.45, 7) is 3.02. The van der Waals surface area contributed by atoms with E-state index in [4.69, 9.17) is 48.3 Å². The Labute approximate surface area is 289 Å². The van der Waals surface area contributed by atoms with Crippen molar-refractivity contribution in [3.05, 3.63) is 145 Å². The maximum atomic E-state index is 14.5. The number of hydrogen-bond donors (Lipinski definition) is 3. The van der Waals surface area contributed by atoms with Gasteiger partial charge in [0.2, 0.25) is 5.90 Å². The van der Waals surface area contributed by atoms with Crippen molar-refractivity contribution in [2.24, 2.45) is 10.1 Å². The largest absolute Gasteiger partial charge is 0.494 e. The molecule has 3 N–H and O–H groups in total. The average Bonchev–Trinajstić information content (AvgIpc) is 3.47. The molecule has 0 saturated carbocycles. The van der Waals surface area contributed by atoms with E-state index in [0.29, 0.717) is 52.9 Å². The van der Waals surface area contributed by atoms with Gasteiger partial charge in [0.1, 0.15) is 5.75 Å². The predicted molar refractivity (Wildman–Crippen MR) is 187 cm³/mol. The van der Waals surface area contributed by atoms with Crippen molar-refractivity contribution in [3.8, 4) is 5.75 Å². The van der Waals surface area contributed by atoms with Crippen molar-refractivity contribution in [1.82, 2.24) is 10.9 Å². The fourth-order valence-electron chi connectivity index (χ4n) is 5.47. The van der Waals surface area contributed by atoms with Gasteiger partial charge in [0, 0.05) is 52.1 Å². The molecule has 48 heavy (non-hydrogen) atoms. The molecule has 2 atom stereocenters. The second kappa shape index (κ2) is 16.5. The molecule has 1 amide bonds. The van der Waals surface area contributed by atoms with E-state index in [2.05, 4.69) is 45.1 Å². The monoisotopic (exact) mass is 686 g/mol. The quantitative estimate of drug-likeness (QED) is 0.0398. The lowest BCUT2D eigenvalue weighted by Gasteiger charge is -2.32. The first-order chi connectivity index (χ1) is 23.3. The number of nitrogens with zero attached hydrogens (tertiary/aromatic N) is 4. The zero-order valence-corrected chi connectivity index (χ0v) is 27.9. The number of azide groups is 1. The van der Waals surface area contributed by atoms with Gasteiger partial charge in [-0.05, 0) is 72.0 Å². The zero-order chi connectivity index (χ0) is 33.9. The first-order valence-corrected chi connectivity index (χ1v) is 16.3. The molecular formula is C36H36Cl2N6O4. The number of hydrogen-bond acceptors (Lipinski definition) is 7. The summed E-state index contributed by atoms with van der Waals surface area (Å²) in [4.78, 5) is 22.5. The van der Waals surface area contributed by atoms with Crippen molar-refractivity contribution < 1.29 is 19.4 Å². The summed E-state index contributed by atoms with van der Waals surface area (Å²) < 4.78 is 12.3. The van der Waals surface area contributed by atoms with Gasteiger partial charge in [0.25, 0.3) is 5.91 Å². The number of carbonyl (C=O) groups excluding carboxylic acids is 1. The molecule has 0 aromatic heterocycles. The number of amides is 1. The molecule has 1 heterocycles. The van der Waals surface area contributed by atoms with E-state index in [9.17, 15) is 4.79 Å². The second-order valence-corrected chi connectivity index (χ2v) is 12.2. The molecule has 1 aliphatic heterocycles. The first kappa shape index (κ1) is 34.8. The van der Waals surface area contributed by atoms with Gasteiger partial charge in [-0.2, -0.15) is 0 Å². The molecule has 1 aliphatic rings. The molecule has 0 aliphatic carbocycles. The molecule has 4 aromatic carbocycles. The topological polar surface area (TPSA) is 141 Å². The number of halogens is 2. The van der Waals surface area contributed by atoms with Crippen molar-refractivity contribution >= 4 is 35.0 Å². The van der Waals surface area contributed by atoms with Crippen LogP contribution in [0.25, 0.3) is 10.4 Å². The van der Waals surface area contributed by atoms with Crippen LogP contribution in [0.4, 0.5) is 0 Å². The summed E-state index contributed by atoms with van der Waals surface area (Å²) in [6.07, 6.45) is 0.348. The normalized spacial score (nSPS) is 16.8. The summed E-state index contributed by atoms with van der Waals surface area (Å²) in [5, 5.41) is 13.6. The molecular weight excluding hydrogens is 651 g/mol. The third kappa shape index (κ3) is 8.47. The Morgan fingerprint density at radius 1 is 1.06 bits per heavy atom. The Morgan fingerprint density at radius 3 is 2.52 bits per heavy atom. The van der Waals surface area contributed by atoms with Crippen molar-refractivity contribution in [1.29, 1.82) is 0 Å². The van der Waals surface area contributed by atoms with Crippen LogP contribution in [0.15, 0.2) is 101 Å². The molecule has 0 spiro atoms. The summed E-state index contributed by atoms with van der Waals surface area (Å²) in [5.41, 5.74) is 18.5. The van der Waals surface area contributed by atoms with Crippen LogP contribution in [0.3, 0.4) is 0 Å². The molecule has 12 heteroatoms. The van der Waals surface area contributed by atoms with Crippen LogP contribution in [0, 0.1) is 6.92 Å². The summed E-state index contributed by atoms with van der Waals surface area (Å²) in [6, 6.07) is 27.9. The minimum absolute atomic E-state index is 0.0360. The van der Waals surface area contributed by atoms with Crippen molar-refractivity contribution in [2.45, 2.75) is 44.4 Å². The van der Waals surface area contributed by atoms with Gasteiger partial charge in [-0.1, -0.05) is 88.5 Å². The number of aliphatic imine (C=N–C) groups is 1. The van der Waals surface area contributed by atoms with E-state index in [-0.39, 0.29) is 25.5 Å². The van der Waals surface area contributed by atoms with Gasteiger partial charge in [-0.3, -0.25) is 10.2 Å². The zero-order valence-electron chi connectivity index (χ0n) is 26.4. The second-order valence-electron chi connectivity index (χ2n) is 11.4. The third-order valence-electron chi connectivity index (χ3n) is 8.02. The number of rotatable bonds is 15. The first-order valence-electron chi connectivity index (χ1n) is 15.5. The van der Waals surface area contributed by atoms with Gasteiger partial charge in [0.05, 0.1) is 13.2 Å². The predicted octanol–water partition coefficient (Wildman–Crippen LogP) is 7.24. The Morgan fingerprint density at radius 2 is 1.81 bits per heavy atom. The molecule has 5 rings (SSSR count). The minimum atomic E-state index is -1.55. The Bertz CT molecular complexity index is 1800. The van der Waals surface area contributed by atoms with Crippen molar-refractivity contribution in [2.75, 3.05) is 19.8 Å². The van der Waals surface area contributed by atoms with Crippen LogP contribution in [0.5, 0.6) is 5.75 Å². The van der Waals surface area contributed by atoms with Crippen LogP contribution in [-0.2, 0) is 28.9 Å². The van der Waals surface area contributed by atoms with Crippen LogP contribution in [0.2, 0.25) is 10.0 Å². The highest BCUT2D eigenvalue weighted by Gasteiger charge is 2.54. The van der Waals surface area contributed by atoms with Gasteiger partial charge < -0.3 is 14.6 Å². The highest BCUT2D eigenvalue weighted by molar-refractivity contribution is 6.35. The number of carbonyl (C=O) groups is 1. The Kier molecular flexibility index (Phi) is 11.9. The molecule has 0 fully saturated rings. The van der Waals surface area contributed by atoms with Gasteiger partial charge in [0.15, 0.2) is 11.6 Å². The number of ether oxygens (including phenoxy) is 2. The molecule has 10 nitrogen and oxygen atoms in total. The summed E-state index contributed by atoms with van der Waals surface area (Å²) in [7, 11) is 0. The lowest BCUT2D eigenvalue weighted by atomic mass is 9.81. The highest BCUT2D eigenvalue weighted by atomic mass is 35.5. The van der Waals surface area contributed by atoms with E-state index in [1.165, 1.54) is 5.56 Å². The smallest absolute Gasteiger partial charge is 0.266 e. The lowest BCUT2D eigenvalue weighted by Crippen LogP contribution is -2.54. The van der Waals surface area contributed by atoms with E-state index in [1.807, 2.05) is 31.2 Å². The standard InChI is InChI=1S/C36H36Cl2N6O4/c1-24-7-9-25(10-8-24)17-18-40-43-35(46)36(22-27-5-2-3-6-28(27)23-41-44-39)33(31-16-13-29(37)21-32(31)38)48-34(42-36)26-11-14-30(15-12-26)47-20-4-19-45/h2-3,5-16,21,33,40,45H,4,17-20,22-23H2,1H3,(H,43,46)/t33-,36-/m0/s1. The molecule has 0 bridgehead atoms. The van der Waals surface area contributed by atoms with Crippen LogP contribution in [-0.4, -0.2) is 42.2 Å². The van der Waals surface area contributed by atoms with Gasteiger partial charge >= 0.3 is 0 Å². The van der Waals surface area contributed by atoms with Crippen LogP contribution in [0.1, 0.15) is 45.9 Å². The SMILES string of the molecule is Cc1ccc(CCNNC(=O)[C@@]2(Cc3ccccc3CN=[N+]=[N-])N=C(c3ccc(OCCCO)cc3)O[C@H]2c2ccc(Cl)cc2Cl)cc1. The van der Waals surface area contributed by atoms with Crippen molar-refractivity contribution in [3.63, 3.8) is 0 Å². The maximum Gasteiger partial charge on any atom is 0.266 e. The van der Waals surface area contributed by atoms with Gasteiger partial charge in [-0.15, -0.1) is 0 Å². The average molecular weight is 688 g/mol. The Balaban J connectivity index is 1.54. The number of aliphatic hydroxyl groups is 1. The number of aryl methyl sites for hydroxylation is 1. The number of aliphatic hydroxyl groups excluding tert-OH is 1. The van der Waals surface area contributed by atoms with E-state index in [1.54, 1.807) is 42.5 Å². The highest BCUT2D eigenvalue weighted by Crippen LogP contribution is 2.45. The fraction of sp³-hybridized carbons (Fsp3) is 0.278. The number of nitrogens with one attached hydrogen (secondary N) is 2. The maximum absolute atomic E-state index is 14.5.